The summed E-state index contributed by atoms with van der Waals surface area (Å²) in [5, 5.41) is 3.97. The van der Waals surface area contributed by atoms with Gasteiger partial charge in [-0.15, -0.1) is 0 Å². The lowest BCUT2D eigenvalue weighted by atomic mass is 10.2. The van der Waals surface area contributed by atoms with Crippen molar-refractivity contribution in [1.29, 1.82) is 0 Å². The van der Waals surface area contributed by atoms with Crippen molar-refractivity contribution in [2.75, 3.05) is 38.1 Å². The lowest BCUT2D eigenvalue weighted by Gasteiger charge is -2.24. The maximum atomic E-state index is 12.2. The second kappa shape index (κ2) is 7.66. The van der Waals surface area contributed by atoms with Crippen LogP contribution in [0.2, 0.25) is 5.02 Å². The summed E-state index contributed by atoms with van der Waals surface area (Å²) >= 11 is 6.35. The van der Waals surface area contributed by atoms with Gasteiger partial charge in [0.15, 0.2) is 0 Å². The van der Waals surface area contributed by atoms with E-state index >= 15 is 0 Å². The number of amides is 1. The van der Waals surface area contributed by atoms with Gasteiger partial charge in [0.25, 0.3) is 0 Å². The summed E-state index contributed by atoms with van der Waals surface area (Å²) in [4.78, 5) is 16.0. The number of nitrogens with one attached hydrogen (secondary N) is 1. The summed E-state index contributed by atoms with van der Waals surface area (Å²) < 4.78 is 0. The first kappa shape index (κ1) is 16.1. The van der Waals surface area contributed by atoms with E-state index < -0.39 is 0 Å². The SMILES string of the molecule is CCNCc1ccc(N(C)CC(=O)N2CCCC2)c(Cl)c1. The molecule has 0 radical (unpaired) electrons. The molecule has 1 aliphatic rings. The predicted octanol–water partition coefficient (Wildman–Crippen LogP) is 2.51. The van der Waals surface area contributed by atoms with Crippen molar-refractivity contribution in [3.63, 3.8) is 0 Å². The highest BCUT2D eigenvalue weighted by Gasteiger charge is 2.20. The molecule has 0 unspecified atom stereocenters. The highest BCUT2D eigenvalue weighted by Crippen LogP contribution is 2.26. The van der Waals surface area contributed by atoms with E-state index in [4.69, 9.17) is 11.6 Å². The van der Waals surface area contributed by atoms with Gasteiger partial charge in [0.2, 0.25) is 5.91 Å². The minimum Gasteiger partial charge on any atom is -0.364 e. The Labute approximate surface area is 132 Å². The van der Waals surface area contributed by atoms with Crippen molar-refractivity contribution >= 4 is 23.2 Å². The number of likely N-dealkylation sites (N-methyl/N-ethyl adjacent to an activating group) is 1. The molecule has 1 saturated heterocycles. The first-order valence-corrected chi connectivity index (χ1v) is 7.97. The van der Waals surface area contributed by atoms with Crippen molar-refractivity contribution in [1.82, 2.24) is 10.2 Å². The van der Waals surface area contributed by atoms with Crippen LogP contribution in [0.5, 0.6) is 0 Å². The molecular weight excluding hydrogens is 286 g/mol. The van der Waals surface area contributed by atoms with Gasteiger partial charge < -0.3 is 15.1 Å². The van der Waals surface area contributed by atoms with Crippen molar-refractivity contribution in [3.05, 3.63) is 28.8 Å². The molecule has 0 atom stereocenters. The van der Waals surface area contributed by atoms with Crippen LogP contribution in [0.25, 0.3) is 0 Å². The maximum Gasteiger partial charge on any atom is 0.242 e. The normalized spacial score (nSPS) is 14.5. The maximum absolute atomic E-state index is 12.2. The second-order valence-corrected chi connectivity index (χ2v) is 5.92. The zero-order chi connectivity index (χ0) is 15.2. The first-order valence-electron chi connectivity index (χ1n) is 7.60. The Balaban J connectivity index is 1.98. The summed E-state index contributed by atoms with van der Waals surface area (Å²) in [6, 6.07) is 6.02. The Morgan fingerprint density at radius 3 is 2.71 bits per heavy atom. The summed E-state index contributed by atoms with van der Waals surface area (Å²) in [6.07, 6.45) is 2.24. The molecule has 1 aromatic carbocycles. The number of hydrogen-bond acceptors (Lipinski definition) is 3. The van der Waals surface area contributed by atoms with Gasteiger partial charge in [-0.1, -0.05) is 24.6 Å². The van der Waals surface area contributed by atoms with E-state index in [0.717, 1.165) is 50.3 Å². The molecular formula is C16H24ClN3O. The van der Waals surface area contributed by atoms with Crippen molar-refractivity contribution in [2.24, 2.45) is 0 Å². The third-order valence-corrected chi connectivity index (χ3v) is 4.14. The summed E-state index contributed by atoms with van der Waals surface area (Å²) in [6.45, 7) is 5.99. The smallest absolute Gasteiger partial charge is 0.242 e. The van der Waals surface area contributed by atoms with Gasteiger partial charge in [0.1, 0.15) is 0 Å². The minimum absolute atomic E-state index is 0.183. The summed E-state index contributed by atoms with van der Waals surface area (Å²) in [5.41, 5.74) is 2.06. The van der Waals surface area contributed by atoms with Crippen LogP contribution in [0.4, 0.5) is 5.69 Å². The summed E-state index contributed by atoms with van der Waals surface area (Å²) in [5.74, 6) is 0.183. The third-order valence-electron chi connectivity index (χ3n) is 3.83. The summed E-state index contributed by atoms with van der Waals surface area (Å²) in [7, 11) is 1.92. The van der Waals surface area contributed by atoms with Gasteiger partial charge in [-0.2, -0.15) is 0 Å². The monoisotopic (exact) mass is 309 g/mol. The fraction of sp³-hybridized carbons (Fsp3) is 0.562. The Hall–Kier alpha value is -1.26. The van der Waals surface area contributed by atoms with E-state index in [1.165, 1.54) is 0 Å². The molecule has 0 spiro atoms. The number of hydrogen-bond donors (Lipinski definition) is 1. The van der Waals surface area contributed by atoms with E-state index in [9.17, 15) is 4.79 Å². The minimum atomic E-state index is 0.183. The average Bonchev–Trinajstić information content (AvgIpc) is 2.99. The number of carbonyl (C=O) groups excluding carboxylic acids is 1. The lowest BCUT2D eigenvalue weighted by molar-refractivity contribution is -0.128. The molecule has 1 heterocycles. The fourth-order valence-corrected chi connectivity index (χ4v) is 2.94. The standard InChI is InChI=1S/C16H24ClN3O/c1-3-18-11-13-6-7-15(14(17)10-13)19(2)12-16(21)20-8-4-5-9-20/h6-7,10,18H,3-5,8-9,11-12H2,1-2H3. The second-order valence-electron chi connectivity index (χ2n) is 5.51. The van der Waals surface area contributed by atoms with Crippen LogP contribution in [0.15, 0.2) is 18.2 Å². The van der Waals surface area contributed by atoms with E-state index in [0.29, 0.717) is 11.6 Å². The van der Waals surface area contributed by atoms with Crippen molar-refractivity contribution in [3.8, 4) is 0 Å². The molecule has 116 valence electrons. The molecule has 1 amide bonds. The fourth-order valence-electron chi connectivity index (χ4n) is 2.59. The van der Waals surface area contributed by atoms with Crippen LogP contribution >= 0.6 is 11.6 Å². The topological polar surface area (TPSA) is 35.6 Å². The molecule has 0 bridgehead atoms. The molecule has 1 fully saturated rings. The number of carbonyl (C=O) groups is 1. The highest BCUT2D eigenvalue weighted by molar-refractivity contribution is 6.33. The van der Waals surface area contributed by atoms with Gasteiger partial charge >= 0.3 is 0 Å². The molecule has 5 heteroatoms. The van der Waals surface area contributed by atoms with Crippen LogP contribution in [0.1, 0.15) is 25.3 Å². The Kier molecular flexibility index (Phi) is 5.88. The van der Waals surface area contributed by atoms with Gasteiger partial charge in [-0.3, -0.25) is 4.79 Å². The molecule has 1 aliphatic heterocycles. The Morgan fingerprint density at radius 2 is 2.10 bits per heavy atom. The number of anilines is 1. The molecule has 1 N–H and O–H groups in total. The number of likely N-dealkylation sites (tertiary alicyclic amines) is 1. The van der Waals surface area contributed by atoms with Crippen LogP contribution < -0.4 is 10.2 Å². The Bertz CT molecular complexity index is 486. The van der Waals surface area contributed by atoms with Crippen LogP contribution in [0.3, 0.4) is 0 Å². The molecule has 2 rings (SSSR count). The quantitative estimate of drug-likeness (QED) is 0.877. The number of benzene rings is 1. The number of nitrogens with zero attached hydrogens (tertiary/aromatic N) is 2. The van der Waals surface area contributed by atoms with Gasteiger partial charge in [-0.05, 0) is 37.1 Å². The first-order chi connectivity index (χ1) is 10.1. The van der Waals surface area contributed by atoms with E-state index in [1.54, 1.807) is 0 Å². The van der Waals surface area contributed by atoms with Crippen molar-refractivity contribution in [2.45, 2.75) is 26.3 Å². The lowest BCUT2D eigenvalue weighted by Crippen LogP contribution is -2.37. The van der Waals surface area contributed by atoms with Crippen LogP contribution in [0, 0.1) is 0 Å². The largest absolute Gasteiger partial charge is 0.364 e. The third kappa shape index (κ3) is 4.35. The van der Waals surface area contributed by atoms with E-state index in [1.807, 2.05) is 29.0 Å². The Morgan fingerprint density at radius 1 is 1.38 bits per heavy atom. The zero-order valence-corrected chi connectivity index (χ0v) is 13.6. The average molecular weight is 310 g/mol. The van der Waals surface area contributed by atoms with Gasteiger partial charge in [0.05, 0.1) is 17.3 Å². The van der Waals surface area contributed by atoms with Crippen LogP contribution in [-0.2, 0) is 11.3 Å². The molecule has 0 saturated carbocycles. The van der Waals surface area contributed by atoms with Gasteiger partial charge in [0, 0.05) is 26.7 Å². The molecule has 4 nitrogen and oxygen atoms in total. The number of halogens is 1. The van der Waals surface area contributed by atoms with Crippen molar-refractivity contribution < 1.29 is 4.79 Å². The van der Waals surface area contributed by atoms with Gasteiger partial charge in [-0.25, -0.2) is 0 Å². The molecule has 0 aliphatic carbocycles. The number of rotatable bonds is 6. The van der Waals surface area contributed by atoms with E-state index in [2.05, 4.69) is 18.3 Å². The zero-order valence-electron chi connectivity index (χ0n) is 12.9. The van der Waals surface area contributed by atoms with Crippen LogP contribution in [-0.4, -0.2) is 44.0 Å². The molecule has 0 aromatic heterocycles. The molecule has 1 aromatic rings. The molecule has 21 heavy (non-hydrogen) atoms. The predicted molar refractivity (Wildman–Crippen MR) is 87.9 cm³/mol. The van der Waals surface area contributed by atoms with E-state index in [-0.39, 0.29) is 5.91 Å². The highest BCUT2D eigenvalue weighted by atomic mass is 35.5.